The molecule has 0 aliphatic heterocycles. The Morgan fingerprint density at radius 3 is 2.45 bits per heavy atom. The summed E-state index contributed by atoms with van der Waals surface area (Å²) < 4.78 is 28.3. The summed E-state index contributed by atoms with van der Waals surface area (Å²) in [5.74, 6) is -1.05. The zero-order chi connectivity index (χ0) is 16.5. The molecule has 0 unspecified atom stereocenters. The Labute approximate surface area is 128 Å². The lowest BCUT2D eigenvalue weighted by molar-refractivity contribution is -0.118. The number of carbonyl (C=O) groups excluding carboxylic acids is 2. The van der Waals surface area contributed by atoms with Crippen LogP contribution in [0.3, 0.4) is 0 Å². The second kappa shape index (κ2) is 5.69. The van der Waals surface area contributed by atoms with E-state index in [2.05, 4.69) is 5.32 Å². The van der Waals surface area contributed by atoms with Crippen molar-refractivity contribution in [1.82, 2.24) is 0 Å². The van der Waals surface area contributed by atoms with Crippen LogP contribution in [0.25, 0.3) is 0 Å². The lowest BCUT2D eigenvalue weighted by atomic mass is 10.2. The Morgan fingerprint density at radius 1 is 1.32 bits per heavy atom. The molecule has 1 fully saturated rings. The van der Waals surface area contributed by atoms with Crippen LogP contribution in [0.4, 0.5) is 5.69 Å². The molecule has 0 radical (unpaired) electrons. The van der Waals surface area contributed by atoms with Gasteiger partial charge in [-0.15, -0.1) is 0 Å². The largest absolute Gasteiger partial charge is 0.462 e. The van der Waals surface area contributed by atoms with Gasteiger partial charge in [-0.05, 0) is 38.0 Å². The smallest absolute Gasteiger partial charge is 0.338 e. The van der Waals surface area contributed by atoms with Crippen LogP contribution in [0.5, 0.6) is 0 Å². The maximum atomic E-state index is 12.0. The van der Waals surface area contributed by atoms with E-state index >= 15 is 0 Å². The molecule has 8 heteroatoms. The van der Waals surface area contributed by atoms with Gasteiger partial charge in [0, 0.05) is 11.9 Å². The van der Waals surface area contributed by atoms with E-state index < -0.39 is 27.3 Å². The van der Waals surface area contributed by atoms with Crippen molar-refractivity contribution in [3.63, 3.8) is 0 Å². The number of amides is 1. The van der Waals surface area contributed by atoms with E-state index in [9.17, 15) is 18.0 Å². The van der Waals surface area contributed by atoms with Crippen molar-refractivity contribution < 1.29 is 22.7 Å². The molecule has 0 atom stereocenters. The number of hydrogen-bond acceptors (Lipinski definition) is 6. The van der Waals surface area contributed by atoms with Crippen molar-refractivity contribution in [2.24, 2.45) is 5.73 Å². The van der Waals surface area contributed by atoms with Gasteiger partial charge in [0.15, 0.2) is 9.84 Å². The molecule has 22 heavy (non-hydrogen) atoms. The second-order valence-electron chi connectivity index (χ2n) is 5.35. The van der Waals surface area contributed by atoms with Gasteiger partial charge in [0.05, 0.1) is 22.6 Å². The Morgan fingerprint density at radius 2 is 1.95 bits per heavy atom. The monoisotopic (exact) mass is 326 g/mol. The molecule has 2 rings (SSSR count). The fourth-order valence-electron chi connectivity index (χ4n) is 1.83. The molecule has 120 valence electrons. The molecule has 0 saturated heterocycles. The Kier molecular flexibility index (Phi) is 4.25. The number of sulfone groups is 1. The van der Waals surface area contributed by atoms with Crippen LogP contribution < -0.4 is 11.1 Å². The van der Waals surface area contributed by atoms with Gasteiger partial charge in [0.2, 0.25) is 5.91 Å². The number of esters is 1. The molecule has 1 amide bonds. The quantitative estimate of drug-likeness (QED) is 0.769. The Bertz CT molecular complexity index is 723. The van der Waals surface area contributed by atoms with E-state index in [0.717, 1.165) is 6.26 Å². The lowest BCUT2D eigenvalue weighted by Gasteiger charge is -2.12. The summed E-state index contributed by atoms with van der Waals surface area (Å²) in [7, 11) is -3.54. The molecule has 0 heterocycles. The van der Waals surface area contributed by atoms with Crippen molar-refractivity contribution in [2.75, 3.05) is 18.2 Å². The summed E-state index contributed by atoms with van der Waals surface area (Å²) in [6, 6.07) is 3.89. The van der Waals surface area contributed by atoms with E-state index in [-0.39, 0.29) is 22.8 Å². The van der Waals surface area contributed by atoms with E-state index in [1.165, 1.54) is 18.2 Å². The summed E-state index contributed by atoms with van der Waals surface area (Å²) in [6.45, 7) is 1.81. The first-order valence-electron chi connectivity index (χ1n) is 6.78. The third kappa shape index (κ3) is 3.63. The highest BCUT2D eigenvalue weighted by atomic mass is 32.2. The zero-order valence-corrected chi connectivity index (χ0v) is 13.2. The molecule has 1 saturated carbocycles. The maximum Gasteiger partial charge on any atom is 0.338 e. The van der Waals surface area contributed by atoms with Gasteiger partial charge in [-0.2, -0.15) is 0 Å². The van der Waals surface area contributed by atoms with Gasteiger partial charge < -0.3 is 15.8 Å². The molecule has 1 aromatic carbocycles. The number of ether oxygens (including phenoxy) is 1. The van der Waals surface area contributed by atoms with Gasteiger partial charge in [-0.1, -0.05) is 0 Å². The molecule has 3 N–H and O–H groups in total. The zero-order valence-electron chi connectivity index (χ0n) is 12.4. The highest BCUT2D eigenvalue weighted by Crippen LogP contribution is 2.33. The van der Waals surface area contributed by atoms with E-state index in [0.29, 0.717) is 12.8 Å². The van der Waals surface area contributed by atoms with Gasteiger partial charge in [0.25, 0.3) is 0 Å². The normalized spacial score (nSPS) is 16.0. The number of carbonyl (C=O) groups is 2. The topological polar surface area (TPSA) is 116 Å². The van der Waals surface area contributed by atoms with Gasteiger partial charge >= 0.3 is 5.97 Å². The number of rotatable bonds is 5. The number of anilines is 1. The summed E-state index contributed by atoms with van der Waals surface area (Å²) >= 11 is 0. The Hall–Kier alpha value is -1.93. The van der Waals surface area contributed by atoms with E-state index in [1.54, 1.807) is 6.92 Å². The van der Waals surface area contributed by atoms with Crippen molar-refractivity contribution >= 4 is 27.4 Å². The van der Waals surface area contributed by atoms with Crippen LogP contribution in [0.2, 0.25) is 0 Å². The number of nitrogens with two attached hydrogens (primary N) is 1. The molecular formula is C14H18N2O5S. The van der Waals surface area contributed by atoms with Crippen LogP contribution >= 0.6 is 0 Å². The number of benzene rings is 1. The second-order valence-corrected chi connectivity index (χ2v) is 7.36. The maximum absolute atomic E-state index is 12.0. The van der Waals surface area contributed by atoms with Crippen LogP contribution in [-0.4, -0.2) is 38.7 Å². The van der Waals surface area contributed by atoms with E-state index in [4.69, 9.17) is 10.5 Å². The van der Waals surface area contributed by atoms with Crippen LogP contribution in [0.15, 0.2) is 23.1 Å². The predicted octanol–water partition coefficient (Wildman–Crippen LogP) is 0.697. The minimum Gasteiger partial charge on any atom is -0.462 e. The molecule has 0 spiro atoms. The van der Waals surface area contributed by atoms with Crippen LogP contribution in [0.1, 0.15) is 30.1 Å². The first-order valence-corrected chi connectivity index (χ1v) is 8.67. The molecule has 7 nitrogen and oxygen atoms in total. The van der Waals surface area contributed by atoms with Crippen molar-refractivity contribution in [2.45, 2.75) is 30.2 Å². The summed E-state index contributed by atoms with van der Waals surface area (Å²) in [5, 5.41) is 2.56. The standard InChI is InChI=1S/C14H18N2O5S/c1-3-21-12(17)9-6-10(8-11(7-9)22(2,19)20)16-13(18)14(15)4-5-14/h6-8H,3-5,15H2,1-2H3,(H,16,18). The summed E-state index contributed by atoms with van der Waals surface area (Å²) in [4.78, 5) is 23.7. The average Bonchev–Trinajstić information content (AvgIpc) is 3.17. The van der Waals surface area contributed by atoms with Crippen LogP contribution in [0, 0.1) is 0 Å². The SMILES string of the molecule is CCOC(=O)c1cc(NC(=O)C2(N)CC2)cc(S(C)(=O)=O)c1. The third-order valence-electron chi connectivity index (χ3n) is 3.34. The highest BCUT2D eigenvalue weighted by molar-refractivity contribution is 7.90. The fourth-order valence-corrected chi connectivity index (χ4v) is 2.52. The van der Waals surface area contributed by atoms with Gasteiger partial charge in [-0.25, -0.2) is 13.2 Å². The minimum absolute atomic E-state index is 0.0574. The number of hydrogen-bond donors (Lipinski definition) is 2. The molecule has 1 aromatic rings. The molecule has 1 aliphatic carbocycles. The first-order chi connectivity index (χ1) is 10.2. The predicted molar refractivity (Wildman–Crippen MR) is 80.3 cm³/mol. The Balaban J connectivity index is 2.38. The van der Waals surface area contributed by atoms with E-state index in [1.807, 2.05) is 0 Å². The summed E-state index contributed by atoms with van der Waals surface area (Å²) in [5.41, 5.74) is 5.15. The molecule has 1 aliphatic rings. The molecular weight excluding hydrogens is 308 g/mol. The third-order valence-corrected chi connectivity index (χ3v) is 4.44. The fraction of sp³-hybridized carbons (Fsp3) is 0.429. The van der Waals surface area contributed by atoms with Crippen molar-refractivity contribution in [1.29, 1.82) is 0 Å². The number of nitrogens with one attached hydrogen (secondary N) is 1. The van der Waals surface area contributed by atoms with Gasteiger partial charge in [-0.3, -0.25) is 4.79 Å². The summed E-state index contributed by atoms with van der Waals surface area (Å²) in [6.07, 6.45) is 2.18. The van der Waals surface area contributed by atoms with Crippen molar-refractivity contribution in [3.8, 4) is 0 Å². The minimum atomic E-state index is -3.54. The van der Waals surface area contributed by atoms with Crippen molar-refractivity contribution in [3.05, 3.63) is 23.8 Å². The highest BCUT2D eigenvalue weighted by Gasteiger charge is 2.46. The molecule has 0 bridgehead atoms. The lowest BCUT2D eigenvalue weighted by Crippen LogP contribution is -2.37. The van der Waals surface area contributed by atoms with Crippen LogP contribution in [-0.2, 0) is 19.4 Å². The van der Waals surface area contributed by atoms with Gasteiger partial charge in [0.1, 0.15) is 0 Å². The molecule has 0 aromatic heterocycles. The average molecular weight is 326 g/mol. The first kappa shape index (κ1) is 16.4.